The number of fused-ring (bicyclic) bond motifs is 1. The maximum Gasteiger partial charge on any atom is 0.416 e. The van der Waals surface area contributed by atoms with Gasteiger partial charge in [0.2, 0.25) is 0 Å². The fraction of sp³-hybridized carbons (Fsp3) is 0.176. The zero-order chi connectivity index (χ0) is 18.2. The average Bonchev–Trinajstić information content (AvgIpc) is 2.99. The van der Waals surface area contributed by atoms with E-state index in [4.69, 9.17) is 4.74 Å². The predicted molar refractivity (Wildman–Crippen MR) is 89.2 cm³/mol. The summed E-state index contributed by atoms with van der Waals surface area (Å²) in [5.74, 6) is 0.502. The molecule has 1 aromatic carbocycles. The molecule has 3 rings (SSSR count). The lowest BCUT2D eigenvalue weighted by Gasteiger charge is -2.09. The number of aromatic nitrogens is 1. The van der Waals surface area contributed by atoms with E-state index in [9.17, 15) is 18.0 Å². The van der Waals surface area contributed by atoms with Crippen molar-refractivity contribution in [3.8, 4) is 11.5 Å². The number of halogens is 3. The summed E-state index contributed by atoms with van der Waals surface area (Å²) >= 11 is 1.28. The van der Waals surface area contributed by atoms with Crippen LogP contribution in [0.1, 0.15) is 15.2 Å². The number of benzene rings is 1. The summed E-state index contributed by atoms with van der Waals surface area (Å²) in [6.45, 7) is 0. The van der Waals surface area contributed by atoms with Gasteiger partial charge in [-0.2, -0.15) is 13.2 Å². The smallest absolute Gasteiger partial charge is 0.416 e. The lowest BCUT2D eigenvalue weighted by Crippen LogP contribution is -2.20. The second-order valence-corrected chi connectivity index (χ2v) is 6.57. The lowest BCUT2D eigenvalue weighted by molar-refractivity contribution is -0.137. The van der Waals surface area contributed by atoms with Crippen molar-refractivity contribution < 1.29 is 22.7 Å². The second-order valence-electron chi connectivity index (χ2n) is 5.48. The van der Waals surface area contributed by atoms with Gasteiger partial charge >= 0.3 is 6.18 Å². The second kappa shape index (κ2) is 6.36. The fourth-order valence-electron chi connectivity index (χ4n) is 2.18. The number of carbonyl (C=O) groups is 1. The summed E-state index contributed by atoms with van der Waals surface area (Å²) in [6, 6.07) is 6.11. The largest absolute Gasteiger partial charge is 0.455 e. The number of pyridine rings is 1. The van der Waals surface area contributed by atoms with Gasteiger partial charge in [-0.05, 0) is 30.3 Å². The molecular formula is C17H13F3N2O2S. The van der Waals surface area contributed by atoms with Crippen LogP contribution in [0.25, 0.3) is 10.1 Å². The highest BCUT2D eigenvalue weighted by Gasteiger charge is 2.30. The van der Waals surface area contributed by atoms with E-state index >= 15 is 0 Å². The quantitative estimate of drug-likeness (QED) is 0.668. The first kappa shape index (κ1) is 17.2. The molecule has 4 nitrogen and oxygen atoms in total. The van der Waals surface area contributed by atoms with Crippen molar-refractivity contribution in [1.29, 1.82) is 0 Å². The molecule has 0 aliphatic rings. The summed E-state index contributed by atoms with van der Waals surface area (Å²) in [5.41, 5.74) is -0.745. The van der Waals surface area contributed by atoms with Crippen molar-refractivity contribution in [1.82, 2.24) is 9.88 Å². The summed E-state index contributed by atoms with van der Waals surface area (Å²) in [4.78, 5) is 18.1. The molecule has 0 fully saturated rings. The van der Waals surface area contributed by atoms with Gasteiger partial charge in [-0.1, -0.05) is 0 Å². The molecule has 0 unspecified atom stereocenters. The maximum atomic E-state index is 12.6. The molecule has 0 spiro atoms. The average molecular weight is 366 g/mol. The zero-order valence-electron chi connectivity index (χ0n) is 13.3. The Morgan fingerprint density at radius 1 is 1.16 bits per heavy atom. The normalized spacial score (nSPS) is 11.6. The first-order valence-electron chi connectivity index (χ1n) is 7.20. The number of carbonyl (C=O) groups excluding carboxylic acids is 1. The van der Waals surface area contributed by atoms with Gasteiger partial charge in [-0.3, -0.25) is 9.78 Å². The first-order valence-corrected chi connectivity index (χ1v) is 8.01. The van der Waals surface area contributed by atoms with Crippen LogP contribution >= 0.6 is 11.3 Å². The number of ether oxygens (including phenoxy) is 1. The molecule has 8 heteroatoms. The number of hydrogen-bond acceptors (Lipinski definition) is 4. The Balaban J connectivity index is 1.92. The van der Waals surface area contributed by atoms with Crippen LogP contribution in [0.5, 0.6) is 11.5 Å². The molecule has 0 aliphatic carbocycles. The van der Waals surface area contributed by atoms with Crippen LogP contribution in [0, 0.1) is 0 Å². The van der Waals surface area contributed by atoms with Gasteiger partial charge in [0.1, 0.15) is 5.75 Å². The Kier molecular flexibility index (Phi) is 4.38. The van der Waals surface area contributed by atoms with Gasteiger partial charge in [-0.25, -0.2) is 0 Å². The Morgan fingerprint density at radius 2 is 1.84 bits per heavy atom. The molecule has 0 saturated carbocycles. The number of amides is 1. The number of alkyl halides is 3. The fourth-order valence-corrected chi connectivity index (χ4v) is 3.25. The Labute approximate surface area is 145 Å². The van der Waals surface area contributed by atoms with Crippen molar-refractivity contribution in [2.75, 3.05) is 14.1 Å². The highest BCUT2D eigenvalue weighted by Crippen LogP contribution is 2.36. The molecule has 2 aromatic heterocycles. The van der Waals surface area contributed by atoms with Crippen molar-refractivity contribution in [2.24, 2.45) is 0 Å². The molecule has 25 heavy (non-hydrogen) atoms. The van der Waals surface area contributed by atoms with E-state index in [-0.39, 0.29) is 11.7 Å². The lowest BCUT2D eigenvalue weighted by atomic mass is 10.2. The van der Waals surface area contributed by atoms with Gasteiger partial charge in [0.05, 0.1) is 21.3 Å². The molecule has 0 bridgehead atoms. The van der Waals surface area contributed by atoms with Crippen LogP contribution in [0.2, 0.25) is 0 Å². The van der Waals surface area contributed by atoms with Crippen molar-refractivity contribution in [3.05, 3.63) is 53.2 Å². The molecule has 3 aromatic rings. The summed E-state index contributed by atoms with van der Waals surface area (Å²) in [5, 5.41) is 0.685. The van der Waals surface area contributed by atoms with Crippen LogP contribution in [-0.2, 0) is 6.18 Å². The molecule has 0 radical (unpaired) electrons. The van der Waals surface area contributed by atoms with Gasteiger partial charge in [0.15, 0.2) is 5.75 Å². The minimum Gasteiger partial charge on any atom is -0.455 e. The number of nitrogens with zero attached hydrogens (tertiary/aromatic N) is 2. The topological polar surface area (TPSA) is 42.4 Å². The summed E-state index contributed by atoms with van der Waals surface area (Å²) < 4.78 is 44.3. The summed E-state index contributed by atoms with van der Waals surface area (Å²) in [6.07, 6.45) is -1.31. The molecular weight excluding hydrogens is 353 g/mol. The van der Waals surface area contributed by atoms with Crippen LogP contribution in [0.4, 0.5) is 13.2 Å². The Morgan fingerprint density at radius 3 is 2.44 bits per heavy atom. The van der Waals surface area contributed by atoms with Crippen LogP contribution in [0.15, 0.2) is 42.7 Å². The molecule has 0 saturated heterocycles. The number of rotatable bonds is 3. The van der Waals surface area contributed by atoms with Gasteiger partial charge < -0.3 is 9.64 Å². The predicted octanol–water partition coefficient (Wildman–Crippen LogP) is 4.81. The van der Waals surface area contributed by atoms with E-state index in [1.807, 2.05) is 0 Å². The third kappa shape index (κ3) is 3.58. The van der Waals surface area contributed by atoms with Gasteiger partial charge in [-0.15, -0.1) is 11.3 Å². The first-order chi connectivity index (χ1) is 11.8. The molecule has 130 valence electrons. The van der Waals surface area contributed by atoms with Crippen LogP contribution in [0.3, 0.4) is 0 Å². The highest BCUT2D eigenvalue weighted by atomic mass is 32.1. The van der Waals surface area contributed by atoms with Crippen molar-refractivity contribution in [2.45, 2.75) is 6.18 Å². The number of hydrogen-bond donors (Lipinski definition) is 0. The summed E-state index contributed by atoms with van der Waals surface area (Å²) in [7, 11) is 3.31. The maximum absolute atomic E-state index is 12.6. The minimum atomic E-state index is -4.39. The van der Waals surface area contributed by atoms with Crippen molar-refractivity contribution >= 4 is 27.3 Å². The van der Waals surface area contributed by atoms with E-state index in [0.29, 0.717) is 16.0 Å². The number of thiophene rings is 1. The third-order valence-corrected chi connectivity index (χ3v) is 4.49. The van der Waals surface area contributed by atoms with E-state index in [1.54, 1.807) is 26.4 Å². The van der Waals surface area contributed by atoms with Crippen LogP contribution < -0.4 is 4.74 Å². The third-order valence-electron chi connectivity index (χ3n) is 3.44. The monoisotopic (exact) mass is 366 g/mol. The standard InChI is InChI=1S/C17H13F3N2O2S/c1-22(2)16(23)14-7-12-13(8-21-9-15(12)25-14)24-11-5-3-10(4-6-11)17(18,19)20/h3-9H,1-2H3. The van der Waals surface area contributed by atoms with E-state index in [0.717, 1.165) is 16.8 Å². The molecule has 1 amide bonds. The van der Waals surface area contributed by atoms with Crippen molar-refractivity contribution in [3.63, 3.8) is 0 Å². The minimum absolute atomic E-state index is 0.137. The van der Waals surface area contributed by atoms with Gasteiger partial charge in [0.25, 0.3) is 5.91 Å². The van der Waals surface area contributed by atoms with E-state index in [1.165, 1.54) is 34.6 Å². The Hall–Kier alpha value is -2.61. The molecule has 0 N–H and O–H groups in total. The van der Waals surface area contributed by atoms with Crippen LogP contribution in [-0.4, -0.2) is 29.9 Å². The Bertz CT molecular complexity index is 918. The molecule has 2 heterocycles. The molecule has 0 atom stereocenters. The van der Waals surface area contributed by atoms with E-state index < -0.39 is 11.7 Å². The van der Waals surface area contributed by atoms with E-state index in [2.05, 4.69) is 4.98 Å². The molecule has 0 aliphatic heterocycles. The highest BCUT2D eigenvalue weighted by molar-refractivity contribution is 7.20. The zero-order valence-corrected chi connectivity index (χ0v) is 14.1. The SMILES string of the molecule is CN(C)C(=O)c1cc2c(Oc3ccc(C(F)(F)F)cc3)cncc2s1. The van der Waals surface area contributed by atoms with Gasteiger partial charge in [0, 0.05) is 25.7 Å².